The van der Waals surface area contributed by atoms with Gasteiger partial charge in [-0.1, -0.05) is 11.3 Å². The first-order chi connectivity index (χ1) is 11.3. The Morgan fingerprint density at radius 1 is 1.39 bits per heavy atom. The summed E-state index contributed by atoms with van der Waals surface area (Å²) < 4.78 is 1.84. The van der Waals surface area contributed by atoms with Gasteiger partial charge < -0.3 is 4.90 Å². The highest BCUT2D eigenvalue weighted by Gasteiger charge is 2.33. The Morgan fingerprint density at radius 2 is 2.26 bits per heavy atom. The Hall–Kier alpha value is -2.21. The molecule has 1 aromatic carbocycles. The second-order valence-corrected chi connectivity index (χ2v) is 6.88. The first-order valence-electron chi connectivity index (χ1n) is 7.93. The van der Waals surface area contributed by atoms with Crippen LogP contribution in [0.4, 0.5) is 0 Å². The average Bonchev–Trinajstić information content (AvgIpc) is 3.13. The van der Waals surface area contributed by atoms with E-state index >= 15 is 0 Å². The number of benzene rings is 1. The Bertz CT molecular complexity index is 836. The van der Waals surface area contributed by atoms with E-state index in [2.05, 4.69) is 21.8 Å². The fraction of sp³-hybridized carbons (Fsp3) is 0.353. The first kappa shape index (κ1) is 14.4. The molecule has 0 unspecified atom stereocenters. The largest absolute Gasteiger partial charge is 0.331 e. The van der Waals surface area contributed by atoms with Crippen LogP contribution in [0.15, 0.2) is 35.7 Å². The molecule has 0 aliphatic heterocycles. The number of aryl methyl sites for hydroxylation is 1. The van der Waals surface area contributed by atoms with Gasteiger partial charge in [0.05, 0.1) is 12.1 Å². The summed E-state index contributed by atoms with van der Waals surface area (Å²) in [5.41, 5.74) is 2.45. The lowest BCUT2D eigenvalue weighted by molar-refractivity contribution is 0.0732. The highest BCUT2D eigenvalue weighted by atomic mass is 32.1. The molecular weight excluding hydrogens is 308 g/mol. The van der Waals surface area contributed by atoms with Gasteiger partial charge in [0, 0.05) is 23.0 Å². The summed E-state index contributed by atoms with van der Waals surface area (Å²) in [6.07, 6.45) is 2.21. The van der Waals surface area contributed by atoms with Crippen molar-refractivity contribution in [3.8, 4) is 0 Å². The molecule has 1 amide bonds. The molecule has 5 nitrogen and oxygen atoms in total. The monoisotopic (exact) mass is 326 g/mol. The molecule has 2 heterocycles. The van der Waals surface area contributed by atoms with Gasteiger partial charge in [0.2, 0.25) is 0 Å². The normalized spacial score (nSPS) is 14.3. The third-order valence-electron chi connectivity index (χ3n) is 4.22. The number of fused-ring (bicyclic) bond motifs is 1. The zero-order valence-corrected chi connectivity index (χ0v) is 13.8. The van der Waals surface area contributed by atoms with Crippen LogP contribution >= 0.6 is 11.3 Å². The fourth-order valence-electron chi connectivity index (χ4n) is 2.83. The molecule has 3 aromatic rings. The Labute approximate surface area is 138 Å². The van der Waals surface area contributed by atoms with Gasteiger partial charge in [-0.3, -0.25) is 4.79 Å². The van der Waals surface area contributed by atoms with Gasteiger partial charge in [-0.2, -0.15) is 0 Å². The number of amides is 1. The second kappa shape index (κ2) is 5.77. The summed E-state index contributed by atoms with van der Waals surface area (Å²) in [6.45, 7) is 3.50. The standard InChI is InChI=1S/C17H18N4OS/c1-2-21-16-8-5-12(10-15(16)18-19-21)17(22)20(13-6-7-13)11-14-4-3-9-23-14/h3-5,8-10,13H,2,6-7,11H2,1H3. The lowest BCUT2D eigenvalue weighted by atomic mass is 10.1. The van der Waals surface area contributed by atoms with Crippen LogP contribution < -0.4 is 0 Å². The number of thiophene rings is 1. The van der Waals surface area contributed by atoms with Gasteiger partial charge >= 0.3 is 0 Å². The summed E-state index contributed by atoms with van der Waals surface area (Å²) >= 11 is 1.70. The van der Waals surface area contributed by atoms with Crippen molar-refractivity contribution in [2.45, 2.75) is 38.9 Å². The van der Waals surface area contributed by atoms with Crippen molar-refractivity contribution in [1.29, 1.82) is 0 Å². The van der Waals surface area contributed by atoms with E-state index in [9.17, 15) is 4.79 Å². The maximum Gasteiger partial charge on any atom is 0.254 e. The first-order valence-corrected chi connectivity index (χ1v) is 8.81. The molecule has 118 valence electrons. The van der Waals surface area contributed by atoms with Crippen LogP contribution in [0.25, 0.3) is 11.0 Å². The molecule has 0 saturated heterocycles. The number of hydrogen-bond acceptors (Lipinski definition) is 4. The Morgan fingerprint density at radius 3 is 2.96 bits per heavy atom. The summed E-state index contributed by atoms with van der Waals surface area (Å²) in [4.78, 5) is 16.2. The molecule has 4 rings (SSSR count). The van der Waals surface area contributed by atoms with Crippen molar-refractivity contribution in [2.24, 2.45) is 0 Å². The summed E-state index contributed by atoms with van der Waals surface area (Å²) in [6, 6.07) is 10.2. The van der Waals surface area contributed by atoms with Crippen molar-refractivity contribution in [3.63, 3.8) is 0 Å². The van der Waals surface area contributed by atoms with Gasteiger partial charge in [-0.15, -0.1) is 16.4 Å². The predicted molar refractivity (Wildman–Crippen MR) is 90.4 cm³/mol. The maximum absolute atomic E-state index is 12.9. The fourth-order valence-corrected chi connectivity index (χ4v) is 3.53. The molecule has 1 aliphatic rings. The average molecular weight is 326 g/mol. The van der Waals surface area contributed by atoms with Gasteiger partial charge in [-0.05, 0) is 49.4 Å². The topological polar surface area (TPSA) is 51.0 Å². The summed E-state index contributed by atoms with van der Waals surface area (Å²) in [5.74, 6) is 0.0915. The van der Waals surface area contributed by atoms with E-state index in [1.165, 1.54) is 4.88 Å². The summed E-state index contributed by atoms with van der Waals surface area (Å²) in [7, 11) is 0. The van der Waals surface area contributed by atoms with Gasteiger partial charge in [0.1, 0.15) is 5.52 Å². The number of nitrogens with zero attached hydrogens (tertiary/aromatic N) is 4. The highest BCUT2D eigenvalue weighted by molar-refractivity contribution is 7.09. The summed E-state index contributed by atoms with van der Waals surface area (Å²) in [5, 5.41) is 10.3. The molecule has 1 saturated carbocycles. The molecule has 2 aromatic heterocycles. The SMILES string of the molecule is CCn1nnc2cc(C(=O)N(Cc3cccs3)C3CC3)ccc21. The molecule has 0 bridgehead atoms. The van der Waals surface area contributed by atoms with Gasteiger partial charge in [-0.25, -0.2) is 4.68 Å². The highest BCUT2D eigenvalue weighted by Crippen LogP contribution is 2.31. The van der Waals surface area contributed by atoms with E-state index in [1.54, 1.807) is 11.3 Å². The van der Waals surface area contributed by atoms with Crippen molar-refractivity contribution < 1.29 is 4.79 Å². The lowest BCUT2D eigenvalue weighted by Gasteiger charge is -2.22. The molecule has 0 spiro atoms. The zero-order valence-electron chi connectivity index (χ0n) is 13.0. The molecule has 1 fully saturated rings. The van der Waals surface area contributed by atoms with E-state index in [-0.39, 0.29) is 5.91 Å². The molecule has 0 N–H and O–H groups in total. The van der Waals surface area contributed by atoms with E-state index in [0.29, 0.717) is 18.2 Å². The van der Waals surface area contributed by atoms with Crippen molar-refractivity contribution in [1.82, 2.24) is 19.9 Å². The number of rotatable bonds is 5. The lowest BCUT2D eigenvalue weighted by Crippen LogP contribution is -2.32. The van der Waals surface area contributed by atoms with Crippen molar-refractivity contribution >= 4 is 28.3 Å². The van der Waals surface area contributed by atoms with Crippen LogP contribution in [0.3, 0.4) is 0 Å². The van der Waals surface area contributed by atoms with Crippen LogP contribution in [0, 0.1) is 0 Å². The van der Waals surface area contributed by atoms with Gasteiger partial charge in [0.15, 0.2) is 0 Å². The zero-order chi connectivity index (χ0) is 15.8. The minimum absolute atomic E-state index is 0.0915. The molecule has 23 heavy (non-hydrogen) atoms. The van der Waals surface area contributed by atoms with Crippen LogP contribution in [0.5, 0.6) is 0 Å². The number of carbonyl (C=O) groups excluding carboxylic acids is 1. The van der Waals surface area contributed by atoms with Crippen LogP contribution in [0.1, 0.15) is 35.0 Å². The predicted octanol–water partition coefficient (Wildman–Crippen LogP) is 3.32. The van der Waals surface area contributed by atoms with Gasteiger partial charge in [0.25, 0.3) is 5.91 Å². The molecule has 1 aliphatic carbocycles. The number of aromatic nitrogens is 3. The third-order valence-corrected chi connectivity index (χ3v) is 5.08. The van der Waals surface area contributed by atoms with E-state index in [0.717, 1.165) is 30.4 Å². The Kier molecular flexibility index (Phi) is 3.61. The minimum Gasteiger partial charge on any atom is -0.331 e. The smallest absolute Gasteiger partial charge is 0.254 e. The number of carbonyl (C=O) groups is 1. The Balaban J connectivity index is 1.63. The van der Waals surface area contributed by atoms with Crippen LogP contribution in [-0.4, -0.2) is 31.8 Å². The van der Waals surface area contributed by atoms with Crippen molar-refractivity contribution in [3.05, 3.63) is 46.2 Å². The molecule has 0 radical (unpaired) electrons. The molecule has 0 atom stereocenters. The number of hydrogen-bond donors (Lipinski definition) is 0. The maximum atomic E-state index is 12.9. The quantitative estimate of drug-likeness (QED) is 0.723. The van der Waals surface area contributed by atoms with Crippen molar-refractivity contribution in [2.75, 3.05) is 0 Å². The molecule has 6 heteroatoms. The van der Waals surface area contributed by atoms with E-state index < -0.39 is 0 Å². The third kappa shape index (κ3) is 2.74. The second-order valence-electron chi connectivity index (χ2n) is 5.85. The molecular formula is C17H18N4OS. The van der Waals surface area contributed by atoms with Crippen LogP contribution in [0.2, 0.25) is 0 Å². The van der Waals surface area contributed by atoms with Crippen LogP contribution in [-0.2, 0) is 13.1 Å². The van der Waals surface area contributed by atoms with E-state index in [1.807, 2.05) is 40.8 Å². The van der Waals surface area contributed by atoms with E-state index in [4.69, 9.17) is 0 Å². The minimum atomic E-state index is 0.0915.